The fraction of sp³-hybridized carbons (Fsp3) is 0.160. The first kappa shape index (κ1) is 34.8. The Kier molecular flexibility index (Phi) is 8.99. The Morgan fingerprint density at radius 2 is 0.648 bits per heavy atom. The maximum atomic E-state index is 4.70. The number of benzene rings is 6. The average Bonchev–Trinajstić information content (AvgIpc) is 3.19. The van der Waals surface area contributed by atoms with Crippen molar-refractivity contribution in [2.75, 3.05) is 0 Å². The molecular weight excluding hydrogens is 657 g/mol. The lowest BCUT2D eigenvalue weighted by Crippen LogP contribution is -2.10. The minimum atomic E-state index is 0.118. The zero-order valence-electron chi connectivity index (χ0n) is 31.8. The topological polar surface area (TPSA) is 51.6 Å². The van der Waals surface area contributed by atoms with Gasteiger partial charge in [0.05, 0.1) is 0 Å². The van der Waals surface area contributed by atoms with E-state index in [4.69, 9.17) is 19.9 Å². The van der Waals surface area contributed by atoms with Crippen LogP contribution in [0.2, 0.25) is 0 Å². The van der Waals surface area contributed by atoms with Crippen LogP contribution in [0.25, 0.3) is 78.7 Å². The first-order valence-corrected chi connectivity index (χ1v) is 18.6. The highest BCUT2D eigenvalue weighted by atomic mass is 14.9. The lowest BCUT2D eigenvalue weighted by atomic mass is 9.86. The molecule has 6 aromatic carbocycles. The molecule has 264 valence electrons. The van der Waals surface area contributed by atoms with Gasteiger partial charge < -0.3 is 0 Å². The number of fused-ring (bicyclic) bond motifs is 2. The third-order valence-electron chi connectivity index (χ3n) is 10.2. The van der Waals surface area contributed by atoms with Crippen molar-refractivity contribution in [1.29, 1.82) is 0 Å². The molecule has 0 amide bonds. The highest BCUT2D eigenvalue weighted by molar-refractivity contribution is 5.92. The van der Waals surface area contributed by atoms with Gasteiger partial charge in [-0.15, -0.1) is 0 Å². The Bertz CT molecular complexity index is 2440. The van der Waals surface area contributed by atoms with Crippen LogP contribution in [-0.4, -0.2) is 19.9 Å². The van der Waals surface area contributed by atoms with E-state index in [1.165, 1.54) is 32.7 Å². The van der Waals surface area contributed by atoms with E-state index in [2.05, 4.69) is 175 Å². The lowest BCUT2D eigenvalue weighted by molar-refractivity contribution is 0.590. The van der Waals surface area contributed by atoms with Gasteiger partial charge in [0, 0.05) is 47.0 Å². The van der Waals surface area contributed by atoms with E-state index >= 15 is 0 Å². The minimum absolute atomic E-state index is 0.118. The van der Waals surface area contributed by atoms with Crippen LogP contribution in [0.3, 0.4) is 0 Å². The van der Waals surface area contributed by atoms with Gasteiger partial charge in [-0.3, -0.25) is 0 Å². The number of hydrogen-bond acceptors (Lipinski definition) is 4. The molecule has 4 nitrogen and oxygen atoms in total. The third kappa shape index (κ3) is 7.47. The first-order chi connectivity index (χ1) is 26.0. The fourth-order valence-corrected chi connectivity index (χ4v) is 6.78. The second-order valence-electron chi connectivity index (χ2n) is 16.2. The normalized spacial score (nSPS) is 12.2. The molecule has 8 rings (SSSR count). The van der Waals surface area contributed by atoms with E-state index in [0.717, 1.165) is 56.2 Å². The molecule has 0 unspecified atom stereocenters. The number of aromatic nitrogens is 4. The number of rotatable bonds is 6. The van der Waals surface area contributed by atoms with Crippen LogP contribution in [0.5, 0.6) is 0 Å². The molecule has 0 saturated carbocycles. The van der Waals surface area contributed by atoms with Gasteiger partial charge in [-0.2, -0.15) is 0 Å². The first-order valence-electron chi connectivity index (χ1n) is 18.6. The van der Waals surface area contributed by atoms with E-state index < -0.39 is 0 Å². The van der Waals surface area contributed by atoms with Crippen molar-refractivity contribution in [2.45, 2.75) is 52.4 Å². The van der Waals surface area contributed by atoms with Crippen LogP contribution in [0.4, 0.5) is 0 Å². The molecule has 0 spiro atoms. The zero-order chi connectivity index (χ0) is 37.5. The van der Waals surface area contributed by atoms with Gasteiger partial charge in [0.1, 0.15) is 0 Å². The fourth-order valence-electron chi connectivity index (χ4n) is 6.78. The van der Waals surface area contributed by atoms with Gasteiger partial charge in [-0.25, -0.2) is 19.9 Å². The molecule has 0 fully saturated rings. The summed E-state index contributed by atoms with van der Waals surface area (Å²) in [7, 11) is 0. The van der Waals surface area contributed by atoms with Crippen LogP contribution >= 0.6 is 0 Å². The van der Waals surface area contributed by atoms with Gasteiger partial charge in [0.25, 0.3) is 0 Å². The third-order valence-corrected chi connectivity index (χ3v) is 10.2. The van der Waals surface area contributed by atoms with Crippen LogP contribution in [0.1, 0.15) is 63.8 Å². The summed E-state index contributed by atoms with van der Waals surface area (Å²) in [6.45, 7) is 13.3. The molecule has 0 aliphatic rings. The quantitative estimate of drug-likeness (QED) is 0.162. The Hall–Kier alpha value is -6.26. The molecule has 0 N–H and O–H groups in total. The van der Waals surface area contributed by atoms with Gasteiger partial charge in [-0.05, 0) is 90.0 Å². The molecule has 4 heteroatoms. The van der Waals surface area contributed by atoms with Crippen LogP contribution in [-0.2, 0) is 10.8 Å². The molecule has 0 atom stereocenters. The van der Waals surface area contributed by atoms with Crippen molar-refractivity contribution < 1.29 is 0 Å². The standard InChI is InChI=1S/C50H44N4/c1-49(2,3)45-21-17-35(18-22-45)47-51-29-43(30-52-47)41-15-13-37-25-33(9-11-39(37)27-41)7-8-34-10-12-40-28-42(16-14-38(40)26-34)44-31-53-48(54-32-44)36-19-23-46(24-20-36)50(4,5)6/h7-32H,1-6H3/b8-7+. The Morgan fingerprint density at radius 1 is 0.333 bits per heavy atom. The largest absolute Gasteiger partial charge is 0.236 e. The molecule has 0 bridgehead atoms. The van der Waals surface area contributed by atoms with Crippen molar-refractivity contribution in [3.05, 3.63) is 168 Å². The molecule has 2 heterocycles. The molecule has 0 aliphatic carbocycles. The monoisotopic (exact) mass is 700 g/mol. The highest BCUT2D eigenvalue weighted by Crippen LogP contribution is 2.30. The molecule has 0 aliphatic heterocycles. The molecular formula is C50H44N4. The van der Waals surface area contributed by atoms with Crippen LogP contribution in [0.15, 0.2) is 146 Å². The minimum Gasteiger partial charge on any atom is -0.236 e. The van der Waals surface area contributed by atoms with Gasteiger partial charge in [0.15, 0.2) is 11.6 Å². The zero-order valence-corrected chi connectivity index (χ0v) is 31.8. The van der Waals surface area contributed by atoms with Gasteiger partial charge in [0.2, 0.25) is 0 Å². The SMILES string of the molecule is CC(C)(C)c1ccc(-c2ncc(-c3ccc4cc(/C=C/c5ccc6cc(-c7cnc(-c8ccc(C(C)(C)C)cc8)nc7)ccc6c5)ccc4c3)cn2)cc1. The second-order valence-corrected chi connectivity index (χ2v) is 16.2. The highest BCUT2D eigenvalue weighted by Gasteiger charge is 2.15. The summed E-state index contributed by atoms with van der Waals surface area (Å²) in [5.74, 6) is 1.48. The molecule has 8 aromatic rings. The number of nitrogens with zero attached hydrogens (tertiary/aromatic N) is 4. The van der Waals surface area contributed by atoms with E-state index in [9.17, 15) is 0 Å². The van der Waals surface area contributed by atoms with Crippen molar-refractivity contribution in [2.24, 2.45) is 0 Å². The summed E-state index contributed by atoms with van der Waals surface area (Å²) in [5.41, 5.74) is 11.4. The van der Waals surface area contributed by atoms with E-state index in [1.54, 1.807) is 0 Å². The second kappa shape index (κ2) is 13.9. The molecule has 0 saturated heterocycles. The lowest BCUT2D eigenvalue weighted by Gasteiger charge is -2.19. The predicted octanol–water partition coefficient (Wildman–Crippen LogP) is 13.0. The summed E-state index contributed by atoms with van der Waals surface area (Å²) in [5, 5.41) is 4.75. The molecule has 54 heavy (non-hydrogen) atoms. The van der Waals surface area contributed by atoms with E-state index in [1.807, 2.05) is 24.8 Å². The van der Waals surface area contributed by atoms with Crippen molar-refractivity contribution >= 4 is 33.7 Å². The van der Waals surface area contributed by atoms with Crippen LogP contribution < -0.4 is 0 Å². The maximum absolute atomic E-state index is 4.70. The van der Waals surface area contributed by atoms with Gasteiger partial charge in [-0.1, -0.05) is 151 Å². The Morgan fingerprint density at radius 3 is 1.00 bits per heavy atom. The Labute approximate surface area is 318 Å². The Balaban J connectivity index is 0.938. The molecule has 0 radical (unpaired) electrons. The number of hydrogen-bond donors (Lipinski definition) is 0. The summed E-state index contributed by atoms with van der Waals surface area (Å²) in [6, 6.07) is 43.4. The van der Waals surface area contributed by atoms with E-state index in [-0.39, 0.29) is 10.8 Å². The van der Waals surface area contributed by atoms with Crippen molar-refractivity contribution in [3.8, 4) is 45.0 Å². The summed E-state index contributed by atoms with van der Waals surface area (Å²) >= 11 is 0. The van der Waals surface area contributed by atoms with Gasteiger partial charge >= 0.3 is 0 Å². The smallest absolute Gasteiger partial charge is 0.159 e. The van der Waals surface area contributed by atoms with Crippen LogP contribution in [0, 0.1) is 0 Å². The van der Waals surface area contributed by atoms with Crippen molar-refractivity contribution in [1.82, 2.24) is 19.9 Å². The predicted molar refractivity (Wildman–Crippen MR) is 227 cm³/mol. The summed E-state index contributed by atoms with van der Waals surface area (Å²) in [6.07, 6.45) is 12.0. The van der Waals surface area contributed by atoms with E-state index in [0.29, 0.717) is 0 Å². The molecule has 2 aromatic heterocycles. The summed E-state index contributed by atoms with van der Waals surface area (Å²) in [4.78, 5) is 18.8. The maximum Gasteiger partial charge on any atom is 0.159 e. The average molecular weight is 701 g/mol. The van der Waals surface area contributed by atoms with Crippen molar-refractivity contribution in [3.63, 3.8) is 0 Å². The summed E-state index contributed by atoms with van der Waals surface area (Å²) < 4.78 is 0.